The van der Waals surface area contributed by atoms with E-state index in [1.54, 1.807) is 35.8 Å². The van der Waals surface area contributed by atoms with Gasteiger partial charge in [0.25, 0.3) is 0 Å². The van der Waals surface area contributed by atoms with E-state index in [9.17, 15) is 8.42 Å². The van der Waals surface area contributed by atoms with Gasteiger partial charge in [0.05, 0.1) is 25.7 Å². The summed E-state index contributed by atoms with van der Waals surface area (Å²) < 4.78 is 46.0. The summed E-state index contributed by atoms with van der Waals surface area (Å²) in [5.41, 5.74) is 1.74. The standard InChI is InChI=1S/C22H25ClN6O5S2/c1-12-9-14(26-25-12)21-28-27-18(29(21)19-15(32-3)7-6-8-16(19)33-4)11-36(30,31)13(2)20(34-5)22-24-10-17(23)35-22/h6-10,13,20H,11H2,1-5H3,(H,25,26)/t13-,20-/m1/s1. The van der Waals surface area contributed by atoms with Crippen LogP contribution in [0.3, 0.4) is 0 Å². The number of H-pyrrole nitrogens is 1. The molecule has 4 rings (SSSR count). The van der Waals surface area contributed by atoms with Crippen molar-refractivity contribution in [1.82, 2.24) is 29.9 Å². The molecule has 11 nitrogen and oxygen atoms in total. The summed E-state index contributed by atoms with van der Waals surface area (Å²) in [6.45, 7) is 3.42. The summed E-state index contributed by atoms with van der Waals surface area (Å²) >= 11 is 7.19. The van der Waals surface area contributed by atoms with Gasteiger partial charge in [0.1, 0.15) is 44.1 Å². The van der Waals surface area contributed by atoms with Gasteiger partial charge in [-0.3, -0.25) is 9.67 Å². The van der Waals surface area contributed by atoms with E-state index in [1.807, 2.05) is 6.92 Å². The molecule has 4 aromatic rings. The van der Waals surface area contributed by atoms with Gasteiger partial charge < -0.3 is 14.2 Å². The maximum atomic E-state index is 13.6. The molecule has 2 atom stereocenters. The van der Waals surface area contributed by atoms with Crippen molar-refractivity contribution in [3.05, 3.63) is 51.3 Å². The van der Waals surface area contributed by atoms with Gasteiger partial charge >= 0.3 is 0 Å². The smallest absolute Gasteiger partial charge is 0.189 e. The van der Waals surface area contributed by atoms with E-state index in [0.717, 1.165) is 5.69 Å². The monoisotopic (exact) mass is 552 g/mol. The average Bonchev–Trinajstić information content (AvgIpc) is 3.58. The van der Waals surface area contributed by atoms with Crippen LogP contribution in [-0.2, 0) is 20.3 Å². The third-order valence-electron chi connectivity index (χ3n) is 5.61. The summed E-state index contributed by atoms with van der Waals surface area (Å²) in [6.07, 6.45) is 0.661. The lowest BCUT2D eigenvalue weighted by molar-refractivity contribution is 0.102. The summed E-state index contributed by atoms with van der Waals surface area (Å²) in [6, 6.07) is 7.04. The molecule has 1 N–H and O–H groups in total. The molecule has 14 heteroatoms. The fraction of sp³-hybridized carbons (Fsp3) is 0.364. The van der Waals surface area contributed by atoms with Crippen LogP contribution >= 0.6 is 22.9 Å². The highest BCUT2D eigenvalue weighted by Gasteiger charge is 2.35. The van der Waals surface area contributed by atoms with Gasteiger partial charge in [-0.25, -0.2) is 13.4 Å². The summed E-state index contributed by atoms with van der Waals surface area (Å²) in [4.78, 5) is 4.20. The number of rotatable bonds is 10. The molecule has 0 bridgehead atoms. The molecule has 3 aromatic heterocycles. The summed E-state index contributed by atoms with van der Waals surface area (Å²) in [7, 11) is 0.637. The first-order valence-electron chi connectivity index (χ1n) is 10.7. The van der Waals surface area contributed by atoms with Crippen molar-refractivity contribution in [2.75, 3.05) is 21.3 Å². The fourth-order valence-corrected chi connectivity index (χ4v) is 6.41. The molecule has 0 radical (unpaired) electrons. The van der Waals surface area contributed by atoms with Crippen LogP contribution in [0, 0.1) is 6.92 Å². The predicted octanol–water partition coefficient (Wildman–Crippen LogP) is 3.78. The molecule has 36 heavy (non-hydrogen) atoms. The van der Waals surface area contributed by atoms with Crippen LogP contribution in [0.4, 0.5) is 0 Å². The van der Waals surface area contributed by atoms with Crippen LogP contribution in [-0.4, -0.2) is 64.9 Å². The lowest BCUT2D eigenvalue weighted by Gasteiger charge is -2.21. The van der Waals surface area contributed by atoms with E-state index >= 15 is 0 Å². The van der Waals surface area contributed by atoms with Crippen molar-refractivity contribution in [2.45, 2.75) is 31.0 Å². The Bertz CT molecular complexity index is 1440. The normalized spacial score (nSPS) is 13.5. The maximum absolute atomic E-state index is 13.6. The molecule has 0 saturated heterocycles. The van der Waals surface area contributed by atoms with Crippen LogP contribution < -0.4 is 9.47 Å². The van der Waals surface area contributed by atoms with E-state index < -0.39 is 26.9 Å². The SMILES string of the molecule is COc1cccc(OC)c1-n1c(CS(=O)(=O)[C@H](C)[C@@H](OC)c2ncc(Cl)s2)nnc1-c1cc(C)[nH]n1. The topological polar surface area (TPSA) is 134 Å². The number of nitrogens with zero attached hydrogens (tertiary/aromatic N) is 5. The number of aryl methyl sites for hydroxylation is 1. The minimum atomic E-state index is -3.83. The van der Waals surface area contributed by atoms with E-state index in [2.05, 4.69) is 25.4 Å². The third kappa shape index (κ3) is 4.96. The Morgan fingerprint density at radius 1 is 1.17 bits per heavy atom. The zero-order valence-electron chi connectivity index (χ0n) is 20.2. The second kappa shape index (κ2) is 10.5. The Morgan fingerprint density at radius 2 is 1.86 bits per heavy atom. The molecule has 0 aliphatic rings. The van der Waals surface area contributed by atoms with Crippen molar-refractivity contribution in [3.8, 4) is 28.7 Å². The number of halogens is 1. The largest absolute Gasteiger partial charge is 0.494 e. The summed E-state index contributed by atoms with van der Waals surface area (Å²) in [5.74, 6) is 0.940. The number of thiazole rings is 1. The summed E-state index contributed by atoms with van der Waals surface area (Å²) in [5, 5.41) is 15.2. The van der Waals surface area contributed by atoms with Crippen molar-refractivity contribution >= 4 is 32.8 Å². The Hall–Kier alpha value is -3.00. The average molecular weight is 553 g/mol. The van der Waals surface area contributed by atoms with Crippen LogP contribution in [0.25, 0.3) is 17.2 Å². The number of aromatic amines is 1. The zero-order valence-corrected chi connectivity index (χ0v) is 22.6. The van der Waals surface area contributed by atoms with Crippen LogP contribution in [0.2, 0.25) is 4.34 Å². The van der Waals surface area contributed by atoms with Gasteiger partial charge in [-0.2, -0.15) is 5.10 Å². The second-order valence-corrected chi connectivity index (χ2v) is 11.9. The molecule has 0 amide bonds. The van der Waals surface area contributed by atoms with E-state index in [0.29, 0.717) is 38.0 Å². The number of hydrogen-bond donors (Lipinski definition) is 1. The first kappa shape index (κ1) is 26.1. The quantitative estimate of drug-likeness (QED) is 0.312. The molecule has 192 valence electrons. The molecular formula is C22H25ClN6O5S2. The number of sulfone groups is 1. The second-order valence-electron chi connectivity index (χ2n) is 7.89. The number of methoxy groups -OCH3 is 3. The number of benzene rings is 1. The highest BCUT2D eigenvalue weighted by Crippen LogP contribution is 2.37. The lowest BCUT2D eigenvalue weighted by atomic mass is 10.2. The number of aromatic nitrogens is 6. The highest BCUT2D eigenvalue weighted by molar-refractivity contribution is 7.91. The predicted molar refractivity (Wildman–Crippen MR) is 136 cm³/mol. The molecule has 0 fully saturated rings. The molecular weight excluding hydrogens is 528 g/mol. The van der Waals surface area contributed by atoms with Gasteiger partial charge in [-0.15, -0.1) is 21.5 Å². The number of para-hydroxylation sites is 1. The minimum Gasteiger partial charge on any atom is -0.494 e. The first-order chi connectivity index (χ1) is 17.2. The van der Waals surface area contributed by atoms with Crippen molar-refractivity contribution in [1.29, 1.82) is 0 Å². The zero-order chi connectivity index (χ0) is 26.0. The third-order valence-corrected chi connectivity index (χ3v) is 8.82. The number of ether oxygens (including phenoxy) is 3. The molecule has 1 aromatic carbocycles. The van der Waals surface area contributed by atoms with Crippen molar-refractivity contribution in [2.24, 2.45) is 0 Å². The first-order valence-corrected chi connectivity index (χ1v) is 13.6. The Kier molecular flexibility index (Phi) is 7.64. The van der Waals surface area contributed by atoms with Gasteiger partial charge in [0, 0.05) is 12.8 Å². The minimum absolute atomic E-state index is 0.160. The van der Waals surface area contributed by atoms with Gasteiger partial charge in [-0.05, 0) is 32.0 Å². The van der Waals surface area contributed by atoms with Gasteiger partial charge in [0.2, 0.25) is 0 Å². The van der Waals surface area contributed by atoms with E-state index in [-0.39, 0.29) is 5.82 Å². The lowest BCUT2D eigenvalue weighted by Crippen LogP contribution is -2.29. The van der Waals surface area contributed by atoms with Crippen LogP contribution in [0.15, 0.2) is 30.5 Å². The molecule has 3 heterocycles. The highest BCUT2D eigenvalue weighted by atomic mass is 35.5. The van der Waals surface area contributed by atoms with Crippen molar-refractivity contribution < 1.29 is 22.6 Å². The van der Waals surface area contributed by atoms with Crippen LogP contribution in [0.1, 0.15) is 29.6 Å². The van der Waals surface area contributed by atoms with Gasteiger partial charge in [0.15, 0.2) is 21.5 Å². The maximum Gasteiger partial charge on any atom is 0.189 e. The molecule has 0 unspecified atom stereocenters. The Balaban J connectivity index is 1.83. The number of hydrogen-bond acceptors (Lipinski definition) is 10. The Morgan fingerprint density at radius 3 is 2.39 bits per heavy atom. The molecule has 0 spiro atoms. The van der Waals surface area contributed by atoms with E-state index in [1.165, 1.54) is 38.9 Å². The Labute approximate surface area is 217 Å². The number of nitrogens with one attached hydrogen (secondary N) is 1. The molecule has 0 saturated carbocycles. The molecule has 0 aliphatic heterocycles. The van der Waals surface area contributed by atoms with Gasteiger partial charge in [-0.1, -0.05) is 17.7 Å². The molecule has 0 aliphatic carbocycles. The fourth-order valence-electron chi connectivity index (χ4n) is 3.79. The van der Waals surface area contributed by atoms with Crippen molar-refractivity contribution in [3.63, 3.8) is 0 Å². The van der Waals surface area contributed by atoms with Crippen LogP contribution in [0.5, 0.6) is 11.5 Å². The van der Waals surface area contributed by atoms with E-state index in [4.69, 9.17) is 25.8 Å².